The number of thiophene rings is 1. The minimum Gasteiger partial charge on any atom is -0.355 e. The van der Waals surface area contributed by atoms with Crippen LogP contribution < -0.4 is 10.2 Å². The number of fused-ring (bicyclic) bond motifs is 1. The van der Waals surface area contributed by atoms with Gasteiger partial charge in [0.05, 0.1) is 11.3 Å². The van der Waals surface area contributed by atoms with Crippen molar-refractivity contribution in [1.82, 2.24) is 9.97 Å². The van der Waals surface area contributed by atoms with Gasteiger partial charge in [-0.25, -0.2) is 9.97 Å². The van der Waals surface area contributed by atoms with E-state index in [1.165, 1.54) is 10.4 Å². The SMILES string of the molecule is CCc1cc2c(N3CCC[C@@H](C(=O)Nc4ccc(C(C)C)cc4)C3)ncnc2s1. The summed E-state index contributed by atoms with van der Waals surface area (Å²) in [5.41, 5.74) is 2.15. The number of hydrogen-bond donors (Lipinski definition) is 1. The number of benzene rings is 1. The second kappa shape index (κ2) is 8.49. The van der Waals surface area contributed by atoms with Crippen molar-refractivity contribution in [2.45, 2.75) is 46.0 Å². The van der Waals surface area contributed by atoms with Gasteiger partial charge in [-0.3, -0.25) is 4.79 Å². The largest absolute Gasteiger partial charge is 0.355 e. The first-order valence-corrected chi connectivity index (χ1v) is 11.3. The van der Waals surface area contributed by atoms with Crippen molar-refractivity contribution in [3.63, 3.8) is 0 Å². The van der Waals surface area contributed by atoms with Crippen LogP contribution in [-0.4, -0.2) is 29.0 Å². The van der Waals surface area contributed by atoms with E-state index < -0.39 is 0 Å². The normalized spacial score (nSPS) is 17.1. The molecule has 0 saturated carbocycles. The molecule has 1 amide bonds. The van der Waals surface area contributed by atoms with E-state index >= 15 is 0 Å². The van der Waals surface area contributed by atoms with Gasteiger partial charge in [0.2, 0.25) is 5.91 Å². The van der Waals surface area contributed by atoms with Gasteiger partial charge in [-0.1, -0.05) is 32.9 Å². The van der Waals surface area contributed by atoms with Crippen LogP contribution in [0.15, 0.2) is 36.7 Å². The van der Waals surface area contributed by atoms with Crippen molar-refractivity contribution in [1.29, 1.82) is 0 Å². The molecule has 0 aliphatic carbocycles. The third-order valence-corrected chi connectivity index (χ3v) is 6.83. The van der Waals surface area contributed by atoms with Gasteiger partial charge in [0.25, 0.3) is 0 Å². The summed E-state index contributed by atoms with van der Waals surface area (Å²) < 4.78 is 0. The van der Waals surface area contributed by atoms with Gasteiger partial charge < -0.3 is 10.2 Å². The van der Waals surface area contributed by atoms with Crippen LogP contribution in [0.3, 0.4) is 0 Å². The van der Waals surface area contributed by atoms with E-state index in [-0.39, 0.29) is 11.8 Å². The molecule has 0 unspecified atom stereocenters. The summed E-state index contributed by atoms with van der Waals surface area (Å²) in [6, 6.07) is 10.4. The van der Waals surface area contributed by atoms with Gasteiger partial charge in [-0.2, -0.15) is 0 Å². The molecule has 1 fully saturated rings. The van der Waals surface area contributed by atoms with Crippen LogP contribution in [0.25, 0.3) is 10.2 Å². The zero-order valence-corrected chi connectivity index (χ0v) is 18.1. The number of carbonyl (C=O) groups excluding carboxylic acids is 1. The van der Waals surface area contributed by atoms with Gasteiger partial charge >= 0.3 is 0 Å². The Bertz CT molecular complexity index is 996. The van der Waals surface area contributed by atoms with Gasteiger partial charge in [-0.05, 0) is 48.9 Å². The number of aryl methyl sites for hydroxylation is 1. The van der Waals surface area contributed by atoms with Crippen LogP contribution in [0.1, 0.15) is 50.0 Å². The number of piperidine rings is 1. The molecule has 5 nitrogen and oxygen atoms in total. The Kier molecular flexibility index (Phi) is 5.81. The molecular weight excluding hydrogens is 380 g/mol. The Labute approximate surface area is 176 Å². The summed E-state index contributed by atoms with van der Waals surface area (Å²) in [6.45, 7) is 8.12. The van der Waals surface area contributed by atoms with Gasteiger partial charge in [0, 0.05) is 23.7 Å². The van der Waals surface area contributed by atoms with Crippen molar-refractivity contribution in [3.05, 3.63) is 47.1 Å². The van der Waals surface area contributed by atoms with E-state index in [1.54, 1.807) is 17.7 Å². The summed E-state index contributed by atoms with van der Waals surface area (Å²) >= 11 is 1.73. The zero-order valence-electron chi connectivity index (χ0n) is 17.3. The van der Waals surface area contributed by atoms with Crippen LogP contribution in [-0.2, 0) is 11.2 Å². The Morgan fingerprint density at radius 3 is 2.79 bits per heavy atom. The first-order chi connectivity index (χ1) is 14.0. The fourth-order valence-electron chi connectivity index (χ4n) is 3.90. The average molecular weight is 409 g/mol. The number of amides is 1. The molecule has 29 heavy (non-hydrogen) atoms. The molecule has 2 aromatic heterocycles. The van der Waals surface area contributed by atoms with Crippen LogP contribution in [0.4, 0.5) is 11.5 Å². The Morgan fingerprint density at radius 2 is 2.07 bits per heavy atom. The van der Waals surface area contributed by atoms with Gasteiger partial charge in [0.15, 0.2) is 0 Å². The minimum atomic E-state index is -0.0391. The molecule has 6 heteroatoms. The lowest BCUT2D eigenvalue weighted by Crippen LogP contribution is -2.41. The standard InChI is InChI=1S/C23H28N4OS/c1-4-19-12-20-21(24-14-25-23(20)29-19)27-11-5-6-17(13-27)22(28)26-18-9-7-16(8-10-18)15(2)3/h7-10,12,14-15,17H,4-6,11,13H2,1-3H3,(H,26,28)/t17-/m1/s1. The Balaban J connectivity index is 1.48. The lowest BCUT2D eigenvalue weighted by atomic mass is 9.96. The van der Waals surface area contributed by atoms with E-state index in [1.807, 2.05) is 12.1 Å². The molecule has 1 N–H and O–H groups in total. The van der Waals surface area contributed by atoms with Crippen LogP contribution in [0.2, 0.25) is 0 Å². The number of carbonyl (C=O) groups is 1. The second-order valence-electron chi connectivity index (χ2n) is 8.03. The first kappa shape index (κ1) is 19.8. The Hall–Kier alpha value is -2.47. The minimum absolute atomic E-state index is 0.0391. The van der Waals surface area contributed by atoms with Crippen LogP contribution >= 0.6 is 11.3 Å². The molecule has 0 bridgehead atoms. The fourth-order valence-corrected chi connectivity index (χ4v) is 4.83. The smallest absolute Gasteiger partial charge is 0.229 e. The second-order valence-corrected chi connectivity index (χ2v) is 9.15. The quantitative estimate of drug-likeness (QED) is 0.628. The molecular formula is C23H28N4OS. The monoisotopic (exact) mass is 408 g/mol. The van der Waals surface area contributed by atoms with Crippen LogP contribution in [0, 0.1) is 5.92 Å². The van der Waals surface area contributed by atoms with Crippen molar-refractivity contribution in [2.24, 2.45) is 5.92 Å². The van der Waals surface area contributed by atoms with Crippen molar-refractivity contribution < 1.29 is 4.79 Å². The molecule has 4 rings (SSSR count). The van der Waals surface area contributed by atoms with Crippen molar-refractivity contribution >= 4 is 39.0 Å². The third-order valence-electron chi connectivity index (χ3n) is 5.64. The maximum Gasteiger partial charge on any atom is 0.229 e. The fraction of sp³-hybridized carbons (Fsp3) is 0.435. The lowest BCUT2D eigenvalue weighted by molar-refractivity contribution is -0.120. The molecule has 152 valence electrons. The molecule has 0 spiro atoms. The first-order valence-electron chi connectivity index (χ1n) is 10.4. The molecule has 3 aromatic rings. The van der Waals surface area contributed by atoms with E-state index in [0.717, 1.165) is 47.5 Å². The van der Waals surface area contributed by atoms with Crippen molar-refractivity contribution in [2.75, 3.05) is 23.3 Å². The van der Waals surface area contributed by atoms with Gasteiger partial charge in [-0.15, -0.1) is 11.3 Å². The Morgan fingerprint density at radius 1 is 1.28 bits per heavy atom. The highest BCUT2D eigenvalue weighted by Gasteiger charge is 2.28. The van der Waals surface area contributed by atoms with E-state index in [2.05, 4.69) is 59.2 Å². The summed E-state index contributed by atoms with van der Waals surface area (Å²) in [5, 5.41) is 4.21. The molecule has 1 saturated heterocycles. The lowest BCUT2D eigenvalue weighted by Gasteiger charge is -2.33. The number of rotatable bonds is 5. The van der Waals surface area contributed by atoms with Crippen LogP contribution in [0.5, 0.6) is 0 Å². The maximum atomic E-state index is 12.9. The molecule has 1 aliphatic rings. The summed E-state index contributed by atoms with van der Waals surface area (Å²) in [4.78, 5) is 26.5. The molecule has 1 aromatic carbocycles. The van der Waals surface area contributed by atoms with E-state index in [9.17, 15) is 4.79 Å². The highest BCUT2D eigenvalue weighted by molar-refractivity contribution is 7.18. The molecule has 0 radical (unpaired) electrons. The number of nitrogens with one attached hydrogen (secondary N) is 1. The molecule has 1 aliphatic heterocycles. The number of anilines is 2. The van der Waals surface area contributed by atoms with Gasteiger partial charge in [0.1, 0.15) is 17.0 Å². The third kappa shape index (κ3) is 4.27. The summed E-state index contributed by atoms with van der Waals surface area (Å²) in [6.07, 6.45) is 4.54. The molecule has 3 heterocycles. The van der Waals surface area contributed by atoms with E-state index in [0.29, 0.717) is 12.5 Å². The average Bonchev–Trinajstić information content (AvgIpc) is 3.17. The summed E-state index contributed by atoms with van der Waals surface area (Å²) in [5.74, 6) is 1.51. The van der Waals surface area contributed by atoms with E-state index in [4.69, 9.17) is 0 Å². The zero-order chi connectivity index (χ0) is 20.4. The predicted octanol–water partition coefficient (Wildman–Crippen LogP) is 5.23. The summed E-state index contributed by atoms with van der Waals surface area (Å²) in [7, 11) is 0. The number of nitrogens with zero attached hydrogens (tertiary/aromatic N) is 3. The highest BCUT2D eigenvalue weighted by atomic mass is 32.1. The number of hydrogen-bond acceptors (Lipinski definition) is 5. The molecule has 1 atom stereocenters. The maximum absolute atomic E-state index is 12.9. The highest BCUT2D eigenvalue weighted by Crippen LogP contribution is 2.32. The topological polar surface area (TPSA) is 58.1 Å². The predicted molar refractivity (Wildman–Crippen MR) is 121 cm³/mol. The number of aromatic nitrogens is 2. The van der Waals surface area contributed by atoms with Crippen molar-refractivity contribution in [3.8, 4) is 0 Å².